The molecule has 8 heteroatoms. The number of hydrogen-bond acceptors (Lipinski definition) is 6. The second kappa shape index (κ2) is 6.79. The summed E-state index contributed by atoms with van der Waals surface area (Å²) in [6.07, 6.45) is 7.65. The van der Waals surface area contributed by atoms with Crippen LogP contribution in [0.25, 0.3) is 22.6 Å². The lowest BCUT2D eigenvalue weighted by atomic mass is 9.93. The van der Waals surface area contributed by atoms with Crippen LogP contribution in [0.1, 0.15) is 0 Å². The molecule has 0 bridgehead atoms. The van der Waals surface area contributed by atoms with Gasteiger partial charge in [-0.2, -0.15) is 0 Å². The molecular weight excluding hydrogens is 374 g/mol. The van der Waals surface area contributed by atoms with Gasteiger partial charge in [0, 0.05) is 12.4 Å². The molecule has 0 spiro atoms. The fourth-order valence-electron chi connectivity index (χ4n) is 3.35. The molecule has 3 heterocycles. The molecule has 1 aromatic carbocycles. The molecular formula is C20H17N5O2S. The van der Waals surface area contributed by atoms with E-state index in [1.54, 1.807) is 0 Å². The Morgan fingerprint density at radius 2 is 2.07 bits per heavy atom. The molecule has 2 unspecified atom stereocenters. The first-order valence-electron chi connectivity index (χ1n) is 8.93. The standard InChI is InChI=1S/C20H17N5O2S/c1-25-18(16-10-12-6-2-5-9-15(12)27-16)23-24-20(25)28-11-17-21-14-8-4-3-7-13(14)19(26)22-17/h2-10,13-14H,11H2,1H3,(H,21,22,26). The number of nitrogens with one attached hydrogen (secondary N) is 1. The maximum absolute atomic E-state index is 12.3. The molecule has 5 rings (SSSR count). The fraction of sp³-hybridized carbons (Fsp3) is 0.200. The van der Waals surface area contributed by atoms with Crippen LogP contribution in [0.15, 0.2) is 69.2 Å². The zero-order valence-electron chi connectivity index (χ0n) is 15.1. The van der Waals surface area contributed by atoms with E-state index in [4.69, 9.17) is 4.42 Å². The van der Waals surface area contributed by atoms with Gasteiger partial charge in [0.15, 0.2) is 16.7 Å². The number of benzene rings is 1. The van der Waals surface area contributed by atoms with E-state index >= 15 is 0 Å². The van der Waals surface area contributed by atoms with Gasteiger partial charge in [-0.3, -0.25) is 9.79 Å². The summed E-state index contributed by atoms with van der Waals surface area (Å²) < 4.78 is 7.78. The van der Waals surface area contributed by atoms with Crippen molar-refractivity contribution in [2.24, 2.45) is 18.0 Å². The predicted molar refractivity (Wildman–Crippen MR) is 108 cm³/mol. The number of thioether (sulfide) groups is 1. The highest BCUT2D eigenvalue weighted by molar-refractivity contribution is 7.99. The zero-order valence-corrected chi connectivity index (χ0v) is 15.9. The summed E-state index contributed by atoms with van der Waals surface area (Å²) in [5, 5.41) is 13.2. The number of rotatable bonds is 4. The number of nitrogens with zero attached hydrogens (tertiary/aromatic N) is 4. The Balaban J connectivity index is 1.34. The third kappa shape index (κ3) is 2.95. The number of fused-ring (bicyclic) bond motifs is 2. The molecule has 0 saturated heterocycles. The second-order valence-electron chi connectivity index (χ2n) is 6.65. The highest BCUT2D eigenvalue weighted by Gasteiger charge is 2.30. The first kappa shape index (κ1) is 17.0. The number of aliphatic imine (C=N–C) groups is 1. The minimum absolute atomic E-state index is 0.0165. The van der Waals surface area contributed by atoms with Crippen molar-refractivity contribution in [3.05, 3.63) is 54.6 Å². The minimum Gasteiger partial charge on any atom is -0.453 e. The van der Waals surface area contributed by atoms with Gasteiger partial charge in [-0.15, -0.1) is 10.2 Å². The highest BCUT2D eigenvalue weighted by Crippen LogP contribution is 2.29. The van der Waals surface area contributed by atoms with Crippen molar-refractivity contribution in [1.29, 1.82) is 0 Å². The third-order valence-corrected chi connectivity index (χ3v) is 5.83. The number of allylic oxidation sites excluding steroid dienone is 2. The molecule has 2 aromatic heterocycles. The maximum atomic E-state index is 12.3. The molecule has 1 amide bonds. The normalized spacial score (nSPS) is 20.9. The van der Waals surface area contributed by atoms with Crippen LogP contribution in [-0.4, -0.2) is 38.3 Å². The third-order valence-electron chi connectivity index (χ3n) is 4.80. The summed E-state index contributed by atoms with van der Waals surface area (Å²) >= 11 is 1.48. The van der Waals surface area contributed by atoms with E-state index in [-0.39, 0.29) is 17.9 Å². The summed E-state index contributed by atoms with van der Waals surface area (Å²) in [6, 6.07) is 9.68. The smallest absolute Gasteiger partial charge is 0.234 e. The van der Waals surface area contributed by atoms with Crippen LogP contribution >= 0.6 is 11.8 Å². The molecule has 0 saturated carbocycles. The van der Waals surface area contributed by atoms with Crippen LogP contribution in [0.3, 0.4) is 0 Å². The Kier molecular flexibility index (Phi) is 4.12. The van der Waals surface area contributed by atoms with Crippen molar-refractivity contribution in [3.63, 3.8) is 0 Å². The number of hydrogen-bond donors (Lipinski definition) is 1. The van der Waals surface area contributed by atoms with E-state index in [1.807, 2.05) is 66.3 Å². The summed E-state index contributed by atoms with van der Waals surface area (Å²) in [5.74, 6) is 2.27. The van der Waals surface area contributed by atoms with Crippen molar-refractivity contribution < 1.29 is 9.21 Å². The molecule has 3 aromatic rings. The summed E-state index contributed by atoms with van der Waals surface area (Å²) in [5.41, 5.74) is 0.818. The van der Waals surface area contributed by atoms with Crippen molar-refractivity contribution in [2.75, 3.05) is 5.75 Å². The van der Waals surface area contributed by atoms with E-state index < -0.39 is 0 Å². The lowest BCUT2D eigenvalue weighted by Crippen LogP contribution is -2.45. The Hall–Kier alpha value is -3.13. The SMILES string of the molecule is Cn1c(SCC2=NC3C=CC=CC3C(=O)N2)nnc1-c1cc2ccccc2o1. The number of aromatic nitrogens is 3. The van der Waals surface area contributed by atoms with Crippen LogP contribution in [0, 0.1) is 5.92 Å². The Bertz CT molecular complexity index is 1120. The van der Waals surface area contributed by atoms with Crippen LogP contribution in [-0.2, 0) is 11.8 Å². The van der Waals surface area contributed by atoms with Gasteiger partial charge in [0.2, 0.25) is 5.91 Å². The summed E-state index contributed by atoms with van der Waals surface area (Å²) in [6.45, 7) is 0. The molecule has 1 aliphatic heterocycles. The molecule has 0 radical (unpaired) electrons. The minimum atomic E-state index is -0.215. The summed E-state index contributed by atoms with van der Waals surface area (Å²) in [7, 11) is 1.90. The van der Waals surface area contributed by atoms with E-state index in [9.17, 15) is 4.79 Å². The monoisotopic (exact) mass is 391 g/mol. The lowest BCUT2D eigenvalue weighted by Gasteiger charge is -2.26. The number of carbonyl (C=O) groups excluding carboxylic acids is 1. The average Bonchev–Trinajstić information content (AvgIpc) is 3.29. The fourth-order valence-corrected chi connectivity index (χ4v) is 4.14. The van der Waals surface area contributed by atoms with Gasteiger partial charge in [0.1, 0.15) is 11.4 Å². The number of carbonyl (C=O) groups is 1. The van der Waals surface area contributed by atoms with Crippen molar-refractivity contribution >= 4 is 34.5 Å². The summed E-state index contributed by atoms with van der Waals surface area (Å²) in [4.78, 5) is 16.9. The second-order valence-corrected chi connectivity index (χ2v) is 7.60. The van der Waals surface area contributed by atoms with Gasteiger partial charge in [0.05, 0.1) is 17.7 Å². The van der Waals surface area contributed by atoms with Crippen molar-refractivity contribution in [2.45, 2.75) is 11.2 Å². The molecule has 0 fully saturated rings. The molecule has 1 aliphatic carbocycles. The van der Waals surface area contributed by atoms with E-state index in [2.05, 4.69) is 20.5 Å². The molecule has 28 heavy (non-hydrogen) atoms. The van der Waals surface area contributed by atoms with Crippen molar-refractivity contribution in [1.82, 2.24) is 20.1 Å². The Morgan fingerprint density at radius 3 is 2.96 bits per heavy atom. The van der Waals surface area contributed by atoms with Crippen molar-refractivity contribution in [3.8, 4) is 11.6 Å². The number of amidine groups is 1. The van der Waals surface area contributed by atoms with Gasteiger partial charge in [0.25, 0.3) is 0 Å². The number of amides is 1. The maximum Gasteiger partial charge on any atom is 0.234 e. The predicted octanol–water partition coefficient (Wildman–Crippen LogP) is 2.96. The van der Waals surface area contributed by atoms with Gasteiger partial charge in [-0.1, -0.05) is 54.3 Å². The topological polar surface area (TPSA) is 85.3 Å². The average molecular weight is 391 g/mol. The van der Waals surface area contributed by atoms with Gasteiger partial charge < -0.3 is 14.3 Å². The van der Waals surface area contributed by atoms with Gasteiger partial charge in [-0.05, 0) is 12.1 Å². The number of furan rings is 1. The van der Waals surface area contributed by atoms with Crippen LogP contribution in [0.2, 0.25) is 0 Å². The zero-order chi connectivity index (χ0) is 19.1. The first-order chi connectivity index (χ1) is 13.7. The first-order valence-corrected chi connectivity index (χ1v) is 9.91. The number of para-hydroxylation sites is 1. The van der Waals surface area contributed by atoms with Gasteiger partial charge >= 0.3 is 0 Å². The van der Waals surface area contributed by atoms with Crippen LogP contribution in [0.5, 0.6) is 0 Å². The Labute approximate surface area is 165 Å². The van der Waals surface area contributed by atoms with Crippen LogP contribution < -0.4 is 5.32 Å². The van der Waals surface area contributed by atoms with E-state index in [1.165, 1.54) is 11.8 Å². The molecule has 2 aliphatic rings. The van der Waals surface area contributed by atoms with Crippen LogP contribution in [0.4, 0.5) is 0 Å². The highest BCUT2D eigenvalue weighted by atomic mass is 32.2. The van der Waals surface area contributed by atoms with Gasteiger partial charge in [-0.25, -0.2) is 0 Å². The molecule has 1 N–H and O–H groups in total. The molecule has 7 nitrogen and oxygen atoms in total. The van der Waals surface area contributed by atoms with E-state index in [0.717, 1.165) is 16.1 Å². The molecule has 2 atom stereocenters. The lowest BCUT2D eigenvalue weighted by molar-refractivity contribution is -0.122. The van der Waals surface area contributed by atoms with E-state index in [0.29, 0.717) is 23.2 Å². The Morgan fingerprint density at radius 1 is 1.21 bits per heavy atom. The largest absolute Gasteiger partial charge is 0.453 e. The molecule has 140 valence electrons. The quantitative estimate of drug-likeness (QED) is 0.691.